The quantitative estimate of drug-likeness (QED) is 0.767. The fourth-order valence-corrected chi connectivity index (χ4v) is 2.44. The molecule has 0 aliphatic carbocycles. The van der Waals surface area contributed by atoms with Gasteiger partial charge in [-0.3, -0.25) is 0 Å². The Hall–Kier alpha value is -0.360. The van der Waals surface area contributed by atoms with Gasteiger partial charge in [-0.05, 0) is 44.0 Å². The van der Waals surface area contributed by atoms with Crippen molar-refractivity contribution in [2.45, 2.75) is 6.04 Å². The molecule has 90 valence electrons. The van der Waals surface area contributed by atoms with Crippen molar-refractivity contribution >= 4 is 43.5 Å². The highest BCUT2D eigenvalue weighted by Crippen LogP contribution is 2.34. The molecular formula is C11H7Br2ClFNO. The second kappa shape index (κ2) is 5.10. The van der Waals surface area contributed by atoms with Gasteiger partial charge in [0.1, 0.15) is 5.82 Å². The van der Waals surface area contributed by atoms with E-state index in [1.807, 2.05) is 0 Å². The summed E-state index contributed by atoms with van der Waals surface area (Å²) in [5, 5.41) is 0.0255. The van der Waals surface area contributed by atoms with E-state index in [-0.39, 0.29) is 5.02 Å². The number of rotatable bonds is 2. The molecule has 1 aromatic carbocycles. The lowest BCUT2D eigenvalue weighted by molar-refractivity contribution is 0.532. The summed E-state index contributed by atoms with van der Waals surface area (Å²) < 4.78 is 20.0. The molecule has 0 aliphatic heterocycles. The van der Waals surface area contributed by atoms with Crippen LogP contribution in [-0.2, 0) is 0 Å². The van der Waals surface area contributed by atoms with E-state index in [2.05, 4.69) is 31.9 Å². The first-order valence-corrected chi connectivity index (χ1v) is 6.60. The van der Waals surface area contributed by atoms with Crippen molar-refractivity contribution < 1.29 is 8.81 Å². The van der Waals surface area contributed by atoms with Gasteiger partial charge in [-0.1, -0.05) is 17.7 Å². The van der Waals surface area contributed by atoms with Gasteiger partial charge in [0, 0.05) is 15.6 Å². The lowest BCUT2D eigenvalue weighted by atomic mass is 10.0. The molecule has 0 radical (unpaired) electrons. The highest BCUT2D eigenvalue weighted by Gasteiger charge is 2.20. The van der Waals surface area contributed by atoms with Gasteiger partial charge in [-0.25, -0.2) is 4.39 Å². The Labute approximate surface area is 119 Å². The zero-order valence-electron chi connectivity index (χ0n) is 8.38. The van der Waals surface area contributed by atoms with Crippen LogP contribution in [0.2, 0.25) is 5.02 Å². The molecule has 1 unspecified atom stereocenters. The molecule has 2 N–H and O–H groups in total. The lowest BCUT2D eigenvalue weighted by Crippen LogP contribution is -2.13. The maximum Gasteiger partial charge on any atom is 0.174 e. The maximum absolute atomic E-state index is 13.9. The van der Waals surface area contributed by atoms with E-state index in [4.69, 9.17) is 21.8 Å². The van der Waals surface area contributed by atoms with Gasteiger partial charge in [0.15, 0.2) is 4.67 Å². The monoisotopic (exact) mass is 381 g/mol. The molecule has 1 heterocycles. The molecule has 2 nitrogen and oxygen atoms in total. The Morgan fingerprint density at radius 3 is 2.53 bits per heavy atom. The number of benzene rings is 1. The third-order valence-electron chi connectivity index (χ3n) is 2.38. The summed E-state index contributed by atoms with van der Waals surface area (Å²) in [7, 11) is 0. The molecule has 6 heteroatoms. The summed E-state index contributed by atoms with van der Waals surface area (Å²) in [6, 6.07) is 4.31. The van der Waals surface area contributed by atoms with E-state index in [1.54, 1.807) is 18.2 Å². The van der Waals surface area contributed by atoms with Gasteiger partial charge in [-0.2, -0.15) is 0 Å². The van der Waals surface area contributed by atoms with Gasteiger partial charge in [0.05, 0.1) is 17.3 Å². The van der Waals surface area contributed by atoms with E-state index in [0.717, 1.165) is 0 Å². The van der Waals surface area contributed by atoms with E-state index < -0.39 is 11.9 Å². The van der Waals surface area contributed by atoms with E-state index in [9.17, 15) is 4.39 Å². The van der Waals surface area contributed by atoms with Gasteiger partial charge < -0.3 is 10.2 Å². The van der Waals surface area contributed by atoms with Crippen molar-refractivity contribution in [3.8, 4) is 0 Å². The molecular weight excluding hydrogens is 376 g/mol. The average molecular weight is 383 g/mol. The van der Waals surface area contributed by atoms with Crippen molar-refractivity contribution in [2.24, 2.45) is 5.73 Å². The molecule has 0 amide bonds. The molecule has 0 aliphatic rings. The van der Waals surface area contributed by atoms with E-state index in [0.29, 0.717) is 20.3 Å². The fourth-order valence-electron chi connectivity index (χ4n) is 1.48. The zero-order valence-corrected chi connectivity index (χ0v) is 12.3. The first kappa shape index (κ1) is 13.1. The van der Waals surface area contributed by atoms with Crippen LogP contribution in [-0.4, -0.2) is 0 Å². The fraction of sp³-hybridized carbons (Fsp3) is 0.0909. The topological polar surface area (TPSA) is 39.2 Å². The van der Waals surface area contributed by atoms with Gasteiger partial charge >= 0.3 is 0 Å². The zero-order chi connectivity index (χ0) is 12.6. The van der Waals surface area contributed by atoms with Crippen LogP contribution in [0.15, 0.2) is 38.0 Å². The molecule has 17 heavy (non-hydrogen) atoms. The SMILES string of the molecule is NC(c1ccoc1Br)c1ccc(Br)c(Cl)c1F. The molecule has 0 fully saturated rings. The van der Waals surface area contributed by atoms with E-state index in [1.165, 1.54) is 6.26 Å². The minimum absolute atomic E-state index is 0.0255. The summed E-state index contributed by atoms with van der Waals surface area (Å²) in [6.07, 6.45) is 1.48. The van der Waals surface area contributed by atoms with Gasteiger partial charge in [0.25, 0.3) is 0 Å². The molecule has 2 rings (SSSR count). The summed E-state index contributed by atoms with van der Waals surface area (Å²) in [4.78, 5) is 0. The smallest absolute Gasteiger partial charge is 0.174 e. The minimum Gasteiger partial charge on any atom is -0.457 e. The van der Waals surface area contributed by atoms with Crippen LogP contribution in [0.3, 0.4) is 0 Å². The van der Waals surface area contributed by atoms with Gasteiger partial charge in [-0.15, -0.1) is 0 Å². The van der Waals surface area contributed by atoms with Crippen LogP contribution in [0.4, 0.5) is 4.39 Å². The summed E-state index contributed by atoms with van der Waals surface area (Å²) in [6.45, 7) is 0. The highest BCUT2D eigenvalue weighted by atomic mass is 79.9. The Morgan fingerprint density at radius 1 is 1.24 bits per heavy atom. The standard InChI is InChI=1S/C11H7Br2ClFNO/c12-7-2-1-5(9(15)8(7)14)10(16)6-3-4-17-11(6)13/h1-4,10H,16H2. The molecule has 0 saturated heterocycles. The summed E-state index contributed by atoms with van der Waals surface area (Å²) >= 11 is 12.2. The number of hydrogen-bond acceptors (Lipinski definition) is 2. The predicted molar refractivity (Wildman–Crippen MR) is 71.5 cm³/mol. The molecule has 0 spiro atoms. The molecule has 2 aromatic rings. The summed E-state index contributed by atoms with van der Waals surface area (Å²) in [5.74, 6) is -0.526. The highest BCUT2D eigenvalue weighted by molar-refractivity contribution is 9.10. The van der Waals surface area contributed by atoms with Crippen LogP contribution in [0.5, 0.6) is 0 Å². The Morgan fingerprint density at radius 2 is 1.94 bits per heavy atom. The van der Waals surface area contributed by atoms with Crippen LogP contribution in [0.25, 0.3) is 0 Å². The lowest BCUT2D eigenvalue weighted by Gasteiger charge is -2.13. The van der Waals surface area contributed by atoms with Crippen molar-refractivity contribution in [1.82, 2.24) is 0 Å². The number of hydrogen-bond donors (Lipinski definition) is 1. The normalized spacial score (nSPS) is 12.8. The van der Waals surface area contributed by atoms with Crippen LogP contribution in [0.1, 0.15) is 17.2 Å². The molecule has 1 aromatic heterocycles. The maximum atomic E-state index is 13.9. The van der Waals surface area contributed by atoms with Gasteiger partial charge in [0.2, 0.25) is 0 Å². The van der Waals surface area contributed by atoms with Crippen molar-refractivity contribution in [1.29, 1.82) is 0 Å². The molecule has 0 saturated carbocycles. The number of halogens is 4. The van der Waals surface area contributed by atoms with E-state index >= 15 is 0 Å². The largest absolute Gasteiger partial charge is 0.457 e. The third-order valence-corrected chi connectivity index (χ3v) is 4.28. The first-order valence-electron chi connectivity index (χ1n) is 4.64. The van der Waals surface area contributed by atoms with Crippen LogP contribution < -0.4 is 5.73 Å². The Balaban J connectivity index is 2.48. The number of nitrogens with two attached hydrogens (primary N) is 1. The van der Waals surface area contributed by atoms with Crippen molar-refractivity contribution in [3.05, 3.63) is 55.6 Å². The predicted octanol–water partition coefficient (Wildman–Crippen LogP) is 4.65. The van der Waals surface area contributed by atoms with Crippen LogP contribution in [0, 0.1) is 5.82 Å². The van der Waals surface area contributed by atoms with Crippen molar-refractivity contribution in [3.63, 3.8) is 0 Å². The Kier molecular flexibility index (Phi) is 3.92. The van der Waals surface area contributed by atoms with Crippen molar-refractivity contribution in [2.75, 3.05) is 0 Å². The number of furan rings is 1. The second-order valence-corrected chi connectivity index (χ2v) is 5.34. The Bertz CT molecular complexity index is 558. The minimum atomic E-state index is -0.631. The second-order valence-electron chi connectivity index (χ2n) is 3.39. The molecule has 0 bridgehead atoms. The first-order chi connectivity index (χ1) is 8.02. The third kappa shape index (κ3) is 2.42. The molecule has 1 atom stereocenters. The average Bonchev–Trinajstić information content (AvgIpc) is 2.72. The van der Waals surface area contributed by atoms with Crippen LogP contribution >= 0.6 is 43.5 Å². The summed E-state index contributed by atoms with van der Waals surface area (Å²) in [5.41, 5.74) is 6.97.